The first kappa shape index (κ1) is 17.7. The van der Waals surface area contributed by atoms with Crippen LogP contribution < -0.4 is 0 Å². The Hall–Kier alpha value is 1.38. The van der Waals surface area contributed by atoms with E-state index >= 15 is 0 Å². The molecule has 0 saturated heterocycles. The highest BCUT2D eigenvalue weighted by molar-refractivity contribution is 14.2. The second-order valence-electron chi connectivity index (χ2n) is 8.27. The van der Waals surface area contributed by atoms with E-state index in [9.17, 15) is 5.11 Å². The third kappa shape index (κ3) is 3.82. The van der Waals surface area contributed by atoms with Crippen LogP contribution in [0.4, 0.5) is 0 Å². The van der Waals surface area contributed by atoms with Crippen molar-refractivity contribution in [3.63, 3.8) is 0 Å². The van der Waals surface area contributed by atoms with Crippen LogP contribution in [0.5, 0.6) is 0 Å². The fraction of sp³-hybridized carbons (Fsp3) is 1.00. The van der Waals surface area contributed by atoms with Crippen LogP contribution in [0.25, 0.3) is 0 Å². The standard InChI is InChI=1S/C16H28I2O2/c1-12-8-14(11-20-13(2,3)4)6-5-7-15(9-12,10-14)16(17,18)19/h12,19H,5-11H2,1-4H3. The summed E-state index contributed by atoms with van der Waals surface area (Å²) in [6, 6.07) is 0. The van der Waals surface area contributed by atoms with E-state index in [1.807, 2.05) is 0 Å². The van der Waals surface area contributed by atoms with Crippen LogP contribution in [0.15, 0.2) is 0 Å². The maximum atomic E-state index is 10.7. The summed E-state index contributed by atoms with van der Waals surface area (Å²) in [5.41, 5.74) is 0.291. The molecule has 20 heavy (non-hydrogen) atoms. The molecule has 2 aliphatic carbocycles. The molecule has 0 aromatic carbocycles. The topological polar surface area (TPSA) is 29.5 Å². The smallest absolute Gasteiger partial charge is 0.172 e. The first-order chi connectivity index (χ1) is 8.97. The van der Waals surface area contributed by atoms with E-state index in [0.29, 0.717) is 5.92 Å². The molecular weight excluding hydrogens is 478 g/mol. The number of aliphatic hydroxyl groups is 1. The third-order valence-electron chi connectivity index (χ3n) is 5.05. The summed E-state index contributed by atoms with van der Waals surface area (Å²) in [5.74, 6) is 0.684. The Morgan fingerprint density at radius 3 is 2.40 bits per heavy atom. The Bertz CT molecular complexity index is 358. The van der Waals surface area contributed by atoms with Gasteiger partial charge in [0.05, 0.1) is 12.2 Å². The van der Waals surface area contributed by atoms with Crippen LogP contribution in [-0.2, 0) is 4.74 Å². The number of halogens is 2. The molecule has 4 heteroatoms. The van der Waals surface area contributed by atoms with Crippen LogP contribution in [0.3, 0.4) is 0 Å². The van der Waals surface area contributed by atoms with Gasteiger partial charge in [-0.1, -0.05) is 13.3 Å². The van der Waals surface area contributed by atoms with Gasteiger partial charge in [0.2, 0.25) is 0 Å². The monoisotopic (exact) mass is 506 g/mol. The summed E-state index contributed by atoms with van der Waals surface area (Å²) in [6.45, 7) is 9.62. The zero-order valence-electron chi connectivity index (χ0n) is 13.1. The van der Waals surface area contributed by atoms with Gasteiger partial charge in [0.25, 0.3) is 0 Å². The van der Waals surface area contributed by atoms with Crippen molar-refractivity contribution in [3.8, 4) is 0 Å². The van der Waals surface area contributed by atoms with E-state index in [0.717, 1.165) is 25.9 Å². The van der Waals surface area contributed by atoms with E-state index in [4.69, 9.17) is 4.74 Å². The molecule has 0 radical (unpaired) electrons. The second-order valence-corrected chi connectivity index (χ2v) is 13.5. The number of rotatable bonds is 3. The number of hydrogen-bond donors (Lipinski definition) is 1. The molecule has 0 aromatic rings. The molecule has 2 fully saturated rings. The van der Waals surface area contributed by atoms with Gasteiger partial charge in [-0.25, -0.2) is 0 Å². The van der Waals surface area contributed by atoms with E-state index in [1.165, 1.54) is 19.3 Å². The van der Waals surface area contributed by atoms with Crippen LogP contribution in [0, 0.1) is 16.7 Å². The van der Waals surface area contributed by atoms with Gasteiger partial charge < -0.3 is 9.84 Å². The van der Waals surface area contributed by atoms with Crippen molar-refractivity contribution in [2.24, 2.45) is 16.7 Å². The average Bonchev–Trinajstić information content (AvgIpc) is 2.23. The van der Waals surface area contributed by atoms with Gasteiger partial charge >= 0.3 is 0 Å². The van der Waals surface area contributed by atoms with Crippen molar-refractivity contribution in [1.29, 1.82) is 0 Å². The minimum Gasteiger partial charge on any atom is -0.375 e. The van der Waals surface area contributed by atoms with Crippen molar-refractivity contribution in [1.82, 2.24) is 0 Å². The number of alkyl halides is 2. The Morgan fingerprint density at radius 2 is 1.85 bits per heavy atom. The Labute approximate surface area is 151 Å². The fourth-order valence-electron chi connectivity index (χ4n) is 4.45. The van der Waals surface area contributed by atoms with Crippen LogP contribution in [-0.4, -0.2) is 18.9 Å². The first-order valence-corrected chi connectivity index (χ1v) is 9.87. The molecule has 2 bridgehead atoms. The van der Waals surface area contributed by atoms with E-state index in [-0.39, 0.29) is 16.4 Å². The van der Waals surface area contributed by atoms with Gasteiger partial charge in [-0.15, -0.1) is 0 Å². The maximum Gasteiger partial charge on any atom is 0.172 e. The lowest BCUT2D eigenvalue weighted by atomic mass is 9.53. The molecule has 2 rings (SSSR count). The Kier molecular flexibility index (Phi) is 5.13. The van der Waals surface area contributed by atoms with Crippen LogP contribution >= 0.6 is 45.2 Å². The van der Waals surface area contributed by atoms with Gasteiger partial charge in [-0.2, -0.15) is 0 Å². The molecule has 0 heterocycles. The van der Waals surface area contributed by atoms with Gasteiger partial charge in [0.1, 0.15) is 0 Å². The summed E-state index contributed by atoms with van der Waals surface area (Å²) >= 11 is 4.51. The molecule has 0 amide bonds. The molecule has 1 N–H and O–H groups in total. The van der Waals surface area contributed by atoms with Crippen molar-refractivity contribution < 1.29 is 9.84 Å². The lowest BCUT2D eigenvalue weighted by Gasteiger charge is -2.57. The predicted molar refractivity (Wildman–Crippen MR) is 100 cm³/mol. The van der Waals surface area contributed by atoms with Crippen LogP contribution in [0.2, 0.25) is 0 Å². The highest BCUT2D eigenvalue weighted by atomic mass is 127. The van der Waals surface area contributed by atoms with E-state index in [1.54, 1.807) is 0 Å². The lowest BCUT2D eigenvalue weighted by molar-refractivity contribution is -0.129. The lowest BCUT2D eigenvalue weighted by Crippen LogP contribution is -2.53. The Morgan fingerprint density at radius 1 is 1.20 bits per heavy atom. The number of fused-ring (bicyclic) bond motifs is 2. The molecular formula is C16H28I2O2. The molecule has 3 unspecified atom stereocenters. The summed E-state index contributed by atoms with van der Waals surface area (Å²) in [6.07, 6.45) is 7.20. The largest absolute Gasteiger partial charge is 0.375 e. The normalized spacial score (nSPS) is 38.9. The minimum absolute atomic E-state index is 0.0690. The molecule has 118 valence electrons. The van der Waals surface area contributed by atoms with Gasteiger partial charge in [-0.3, -0.25) is 0 Å². The van der Waals surface area contributed by atoms with Gasteiger partial charge in [0, 0.05) is 5.41 Å². The highest BCUT2D eigenvalue weighted by Crippen LogP contribution is 2.64. The maximum absolute atomic E-state index is 10.7. The third-order valence-corrected chi connectivity index (χ3v) is 7.33. The first-order valence-electron chi connectivity index (χ1n) is 7.71. The number of hydrogen-bond acceptors (Lipinski definition) is 2. The summed E-state index contributed by atoms with van der Waals surface area (Å²) in [4.78, 5) is 0. The zero-order chi connectivity index (χ0) is 15.2. The number of ether oxygens (including phenoxy) is 1. The molecule has 2 nitrogen and oxygen atoms in total. The molecule has 2 aliphatic rings. The molecule has 0 aromatic heterocycles. The Balaban J connectivity index is 2.21. The zero-order valence-corrected chi connectivity index (χ0v) is 17.5. The molecule has 0 spiro atoms. The van der Waals surface area contributed by atoms with Crippen molar-refractivity contribution in [2.75, 3.05) is 6.61 Å². The van der Waals surface area contributed by atoms with Crippen molar-refractivity contribution >= 4 is 45.2 Å². The SMILES string of the molecule is CC1CC2(COC(C)(C)C)CCCC(C(O)(I)I)(C1)C2. The average molecular weight is 506 g/mol. The van der Waals surface area contributed by atoms with Crippen molar-refractivity contribution in [2.45, 2.75) is 73.4 Å². The van der Waals surface area contributed by atoms with Gasteiger partial charge in [0.15, 0.2) is 1.61 Å². The second kappa shape index (κ2) is 5.78. The molecule has 2 saturated carbocycles. The molecule has 0 aliphatic heterocycles. The highest BCUT2D eigenvalue weighted by Gasteiger charge is 2.57. The minimum atomic E-state index is -0.634. The predicted octanol–water partition coefficient (Wildman–Crippen LogP) is 5.29. The summed E-state index contributed by atoms with van der Waals surface area (Å²) in [5, 5.41) is 10.7. The quantitative estimate of drug-likeness (QED) is 0.417. The molecule has 3 atom stereocenters. The van der Waals surface area contributed by atoms with E-state index < -0.39 is 1.61 Å². The summed E-state index contributed by atoms with van der Waals surface area (Å²) < 4.78 is 5.53. The fourth-order valence-corrected chi connectivity index (χ4v) is 5.82. The van der Waals surface area contributed by atoms with E-state index in [2.05, 4.69) is 72.9 Å². The van der Waals surface area contributed by atoms with Gasteiger partial charge in [-0.05, 0) is 109 Å². The van der Waals surface area contributed by atoms with Crippen molar-refractivity contribution in [3.05, 3.63) is 0 Å². The van der Waals surface area contributed by atoms with Crippen LogP contribution in [0.1, 0.15) is 66.2 Å². The summed E-state index contributed by atoms with van der Waals surface area (Å²) in [7, 11) is 0.